The maximum Gasteiger partial charge on any atom is 0.337 e. The first-order valence-corrected chi connectivity index (χ1v) is 6.62. The number of carboxylic acid groups (broad SMARTS) is 1. The molecule has 6 nitrogen and oxygen atoms in total. The second-order valence-corrected chi connectivity index (χ2v) is 4.73. The van der Waals surface area contributed by atoms with Crippen LogP contribution in [0.1, 0.15) is 16.2 Å². The summed E-state index contributed by atoms with van der Waals surface area (Å²) < 4.78 is 1.44. The van der Waals surface area contributed by atoms with Gasteiger partial charge in [0, 0.05) is 0 Å². The molecule has 0 saturated heterocycles. The lowest BCUT2D eigenvalue weighted by Crippen LogP contribution is -2.07. The fourth-order valence-corrected chi connectivity index (χ4v) is 2.26. The molecule has 0 saturated carbocycles. The van der Waals surface area contributed by atoms with E-state index in [-0.39, 0.29) is 11.3 Å². The van der Waals surface area contributed by atoms with Gasteiger partial charge in [0.15, 0.2) is 5.82 Å². The molecule has 0 radical (unpaired) electrons. The van der Waals surface area contributed by atoms with Gasteiger partial charge in [0.2, 0.25) is 0 Å². The molecule has 3 aromatic rings. The number of rotatable bonds is 3. The first-order chi connectivity index (χ1) is 10.6. The Morgan fingerprint density at radius 1 is 1.09 bits per heavy atom. The lowest BCUT2D eigenvalue weighted by molar-refractivity contribution is 0.0696. The maximum atomic E-state index is 11.4. The number of phenols is 1. The van der Waals surface area contributed by atoms with Gasteiger partial charge in [0.1, 0.15) is 11.6 Å². The van der Waals surface area contributed by atoms with E-state index in [4.69, 9.17) is 0 Å². The molecule has 2 aromatic carbocycles. The average molecular weight is 295 g/mol. The molecule has 3 rings (SSSR count). The van der Waals surface area contributed by atoms with Gasteiger partial charge in [-0.3, -0.25) is 0 Å². The summed E-state index contributed by atoms with van der Waals surface area (Å²) in [5.41, 5.74) is 1.00. The van der Waals surface area contributed by atoms with E-state index in [0.29, 0.717) is 22.9 Å². The highest BCUT2D eigenvalue weighted by Gasteiger charge is 2.18. The molecule has 1 heterocycles. The van der Waals surface area contributed by atoms with Crippen molar-refractivity contribution in [2.24, 2.45) is 0 Å². The molecule has 0 aliphatic heterocycles. The summed E-state index contributed by atoms with van der Waals surface area (Å²) in [4.78, 5) is 15.7. The van der Waals surface area contributed by atoms with Gasteiger partial charge < -0.3 is 10.2 Å². The monoisotopic (exact) mass is 295 g/mol. The Kier molecular flexibility index (Phi) is 3.34. The molecule has 0 fully saturated rings. The summed E-state index contributed by atoms with van der Waals surface area (Å²) in [7, 11) is 0. The molecule has 0 aliphatic carbocycles. The lowest BCUT2D eigenvalue weighted by atomic mass is 10.1. The van der Waals surface area contributed by atoms with E-state index in [0.717, 1.165) is 0 Å². The Labute approximate surface area is 126 Å². The van der Waals surface area contributed by atoms with Gasteiger partial charge in [-0.15, -0.1) is 0 Å². The molecule has 0 unspecified atom stereocenters. The topological polar surface area (TPSA) is 88.2 Å². The minimum Gasteiger partial charge on any atom is -0.507 e. The molecule has 0 bridgehead atoms. The van der Waals surface area contributed by atoms with Gasteiger partial charge in [0.25, 0.3) is 0 Å². The van der Waals surface area contributed by atoms with E-state index in [1.165, 1.54) is 10.7 Å². The normalized spacial score (nSPS) is 10.6. The Hall–Kier alpha value is -3.15. The third-order valence-electron chi connectivity index (χ3n) is 3.22. The average Bonchev–Trinajstić information content (AvgIpc) is 2.89. The van der Waals surface area contributed by atoms with Crippen LogP contribution in [0.25, 0.3) is 17.1 Å². The number of para-hydroxylation sites is 2. The Morgan fingerprint density at radius 2 is 1.77 bits per heavy atom. The van der Waals surface area contributed by atoms with E-state index in [9.17, 15) is 15.0 Å². The zero-order chi connectivity index (χ0) is 15.7. The molecule has 6 heteroatoms. The SMILES string of the molecule is Cc1nc(-c2ccccc2O)n(-c2ccccc2C(=O)O)n1. The smallest absolute Gasteiger partial charge is 0.337 e. The number of aromatic hydroxyl groups is 1. The molecule has 1 aromatic heterocycles. The number of carboxylic acids is 1. The van der Waals surface area contributed by atoms with Gasteiger partial charge in [-0.2, -0.15) is 5.10 Å². The van der Waals surface area contributed by atoms with Crippen molar-refractivity contribution in [3.05, 3.63) is 59.9 Å². The molecule has 0 spiro atoms. The van der Waals surface area contributed by atoms with Crippen LogP contribution in [0.4, 0.5) is 0 Å². The molecule has 2 N–H and O–H groups in total. The number of benzene rings is 2. The van der Waals surface area contributed by atoms with Crippen LogP contribution >= 0.6 is 0 Å². The van der Waals surface area contributed by atoms with Gasteiger partial charge in [-0.1, -0.05) is 24.3 Å². The van der Waals surface area contributed by atoms with Gasteiger partial charge in [-0.05, 0) is 31.2 Å². The Morgan fingerprint density at radius 3 is 2.50 bits per heavy atom. The quantitative estimate of drug-likeness (QED) is 0.775. The highest BCUT2D eigenvalue weighted by molar-refractivity contribution is 5.92. The highest BCUT2D eigenvalue weighted by atomic mass is 16.4. The molecular weight excluding hydrogens is 282 g/mol. The number of aromatic carboxylic acids is 1. The van der Waals surface area contributed by atoms with Crippen molar-refractivity contribution in [2.75, 3.05) is 0 Å². The summed E-state index contributed by atoms with van der Waals surface area (Å²) in [5.74, 6) is -0.112. The number of nitrogens with zero attached hydrogens (tertiary/aromatic N) is 3. The van der Waals surface area contributed by atoms with Crippen molar-refractivity contribution < 1.29 is 15.0 Å². The third-order valence-corrected chi connectivity index (χ3v) is 3.22. The molecule has 22 heavy (non-hydrogen) atoms. The van der Waals surface area contributed by atoms with Crippen LogP contribution in [0.2, 0.25) is 0 Å². The van der Waals surface area contributed by atoms with Crippen LogP contribution in [0.5, 0.6) is 5.75 Å². The van der Waals surface area contributed by atoms with Crippen molar-refractivity contribution in [1.82, 2.24) is 14.8 Å². The zero-order valence-electron chi connectivity index (χ0n) is 11.8. The summed E-state index contributed by atoms with van der Waals surface area (Å²) in [6, 6.07) is 13.3. The standard InChI is InChI=1S/C16H13N3O3/c1-10-17-15(12-7-3-5-9-14(12)20)19(18-10)13-8-4-2-6-11(13)16(21)22/h2-9,20H,1H3,(H,21,22). The minimum absolute atomic E-state index is 0.0592. The van der Waals surface area contributed by atoms with E-state index in [1.54, 1.807) is 49.4 Å². The number of aromatic nitrogens is 3. The second kappa shape index (κ2) is 5.33. The highest BCUT2D eigenvalue weighted by Crippen LogP contribution is 2.29. The number of hydrogen-bond acceptors (Lipinski definition) is 4. The fraction of sp³-hybridized carbons (Fsp3) is 0.0625. The molecular formula is C16H13N3O3. The second-order valence-electron chi connectivity index (χ2n) is 4.73. The van der Waals surface area contributed by atoms with Crippen LogP contribution in [0, 0.1) is 6.92 Å². The van der Waals surface area contributed by atoms with Gasteiger partial charge in [0.05, 0.1) is 16.8 Å². The Bertz CT molecular complexity index is 855. The van der Waals surface area contributed by atoms with Crippen LogP contribution < -0.4 is 0 Å². The number of aryl methyl sites for hydroxylation is 1. The number of phenolic OH excluding ortho intramolecular Hbond substituents is 1. The predicted octanol–water partition coefficient (Wildman–Crippen LogP) is 2.65. The van der Waals surface area contributed by atoms with Crippen LogP contribution in [0.3, 0.4) is 0 Å². The minimum atomic E-state index is -1.05. The van der Waals surface area contributed by atoms with E-state index < -0.39 is 5.97 Å². The summed E-state index contributed by atoms with van der Waals surface area (Å²) in [5, 5.41) is 23.6. The molecule has 0 aliphatic rings. The summed E-state index contributed by atoms with van der Waals surface area (Å²) in [6.07, 6.45) is 0. The summed E-state index contributed by atoms with van der Waals surface area (Å²) >= 11 is 0. The van der Waals surface area contributed by atoms with Gasteiger partial charge >= 0.3 is 5.97 Å². The third kappa shape index (κ3) is 2.31. The first kappa shape index (κ1) is 13.8. The van der Waals surface area contributed by atoms with Crippen molar-refractivity contribution in [2.45, 2.75) is 6.92 Å². The van der Waals surface area contributed by atoms with Crippen molar-refractivity contribution in [1.29, 1.82) is 0 Å². The van der Waals surface area contributed by atoms with E-state index in [1.807, 2.05) is 0 Å². The van der Waals surface area contributed by atoms with E-state index in [2.05, 4.69) is 10.1 Å². The van der Waals surface area contributed by atoms with Crippen LogP contribution in [-0.4, -0.2) is 30.9 Å². The Balaban J connectivity index is 2.27. The molecule has 110 valence electrons. The molecule has 0 amide bonds. The predicted molar refractivity (Wildman–Crippen MR) is 80.2 cm³/mol. The van der Waals surface area contributed by atoms with Crippen molar-refractivity contribution in [3.63, 3.8) is 0 Å². The lowest BCUT2D eigenvalue weighted by Gasteiger charge is -2.09. The number of carbonyl (C=O) groups is 1. The van der Waals surface area contributed by atoms with E-state index >= 15 is 0 Å². The zero-order valence-corrected chi connectivity index (χ0v) is 11.8. The van der Waals surface area contributed by atoms with Gasteiger partial charge in [-0.25, -0.2) is 14.5 Å². The van der Waals surface area contributed by atoms with Crippen LogP contribution in [-0.2, 0) is 0 Å². The largest absolute Gasteiger partial charge is 0.507 e. The fourth-order valence-electron chi connectivity index (χ4n) is 2.26. The maximum absolute atomic E-state index is 11.4. The number of hydrogen-bond donors (Lipinski definition) is 2. The van der Waals surface area contributed by atoms with Crippen molar-refractivity contribution in [3.8, 4) is 22.8 Å². The van der Waals surface area contributed by atoms with Crippen LogP contribution in [0.15, 0.2) is 48.5 Å². The molecule has 0 atom stereocenters. The van der Waals surface area contributed by atoms with Crippen molar-refractivity contribution >= 4 is 5.97 Å². The summed E-state index contributed by atoms with van der Waals surface area (Å²) in [6.45, 7) is 1.71. The first-order valence-electron chi connectivity index (χ1n) is 6.62.